The number of hydrogen-bond donors (Lipinski definition) is 1. The van der Waals surface area contributed by atoms with Gasteiger partial charge in [-0.15, -0.1) is 0 Å². The molecule has 2 aliphatic rings. The Labute approximate surface area is 112 Å². The normalized spacial score (nSPS) is 25.7. The topological polar surface area (TPSA) is 60.9 Å². The third kappa shape index (κ3) is 3.10. The van der Waals surface area contributed by atoms with Crippen LogP contribution in [0.25, 0.3) is 0 Å². The summed E-state index contributed by atoms with van der Waals surface area (Å²) in [5, 5.41) is 9.19. The van der Waals surface area contributed by atoms with Gasteiger partial charge in [-0.2, -0.15) is 11.8 Å². The van der Waals surface area contributed by atoms with Crippen LogP contribution in [-0.4, -0.2) is 64.1 Å². The van der Waals surface area contributed by atoms with Gasteiger partial charge in [-0.05, 0) is 31.4 Å². The highest BCUT2D eigenvalue weighted by atomic mass is 32.2. The average molecular weight is 272 g/mol. The average Bonchev–Trinajstić information content (AvgIpc) is 2.66. The van der Waals surface area contributed by atoms with Crippen molar-refractivity contribution in [1.82, 2.24) is 9.80 Å². The first-order valence-electron chi connectivity index (χ1n) is 6.56. The number of amides is 2. The maximum atomic E-state index is 12.4. The zero-order chi connectivity index (χ0) is 13.0. The van der Waals surface area contributed by atoms with Crippen LogP contribution >= 0.6 is 11.8 Å². The Bertz CT molecular complexity index is 316. The Morgan fingerprint density at radius 1 is 1.06 bits per heavy atom. The van der Waals surface area contributed by atoms with Gasteiger partial charge in [0.05, 0.1) is 0 Å². The van der Waals surface area contributed by atoms with Crippen LogP contribution in [0, 0.1) is 0 Å². The van der Waals surface area contributed by atoms with Gasteiger partial charge >= 0.3 is 12.0 Å². The summed E-state index contributed by atoms with van der Waals surface area (Å²) >= 11 is 1.86. The number of carboxylic acid groups (broad SMARTS) is 1. The highest BCUT2D eigenvalue weighted by Crippen LogP contribution is 2.20. The third-order valence-electron chi connectivity index (χ3n) is 3.53. The Morgan fingerprint density at radius 2 is 1.89 bits per heavy atom. The Morgan fingerprint density at radius 3 is 2.67 bits per heavy atom. The zero-order valence-corrected chi connectivity index (χ0v) is 11.3. The highest BCUT2D eigenvalue weighted by Gasteiger charge is 2.34. The fourth-order valence-corrected chi connectivity index (χ4v) is 3.42. The van der Waals surface area contributed by atoms with E-state index in [1.807, 2.05) is 16.7 Å². The van der Waals surface area contributed by atoms with Crippen molar-refractivity contribution in [2.45, 2.75) is 31.7 Å². The van der Waals surface area contributed by atoms with Gasteiger partial charge in [-0.1, -0.05) is 0 Å². The molecule has 0 spiro atoms. The minimum absolute atomic E-state index is 0.0791. The molecule has 0 aromatic rings. The molecule has 102 valence electrons. The van der Waals surface area contributed by atoms with Crippen LogP contribution in [0.3, 0.4) is 0 Å². The molecule has 2 fully saturated rings. The second kappa shape index (κ2) is 6.31. The highest BCUT2D eigenvalue weighted by molar-refractivity contribution is 7.99. The first-order valence-corrected chi connectivity index (χ1v) is 7.71. The molecule has 2 heterocycles. The summed E-state index contributed by atoms with van der Waals surface area (Å²) in [6.07, 6.45) is 3.40. The van der Waals surface area contributed by atoms with Crippen molar-refractivity contribution >= 4 is 23.8 Å². The number of nitrogens with zero attached hydrogens (tertiary/aromatic N) is 2. The van der Waals surface area contributed by atoms with Crippen molar-refractivity contribution in [1.29, 1.82) is 0 Å². The van der Waals surface area contributed by atoms with E-state index >= 15 is 0 Å². The van der Waals surface area contributed by atoms with Gasteiger partial charge in [0.1, 0.15) is 6.04 Å². The van der Waals surface area contributed by atoms with Crippen LogP contribution in [0.1, 0.15) is 25.7 Å². The molecular formula is C12H20N2O3S. The Hall–Kier alpha value is -0.910. The van der Waals surface area contributed by atoms with Crippen molar-refractivity contribution in [3.8, 4) is 0 Å². The number of rotatable bonds is 1. The predicted molar refractivity (Wildman–Crippen MR) is 70.9 cm³/mol. The van der Waals surface area contributed by atoms with Crippen molar-refractivity contribution in [2.75, 3.05) is 31.1 Å². The second-order valence-electron chi connectivity index (χ2n) is 4.78. The molecule has 0 aromatic heterocycles. The fourth-order valence-electron chi connectivity index (χ4n) is 2.54. The van der Waals surface area contributed by atoms with Gasteiger partial charge in [-0.3, -0.25) is 0 Å². The van der Waals surface area contributed by atoms with Crippen molar-refractivity contribution in [3.63, 3.8) is 0 Å². The smallest absolute Gasteiger partial charge is 0.326 e. The van der Waals surface area contributed by atoms with E-state index in [2.05, 4.69) is 0 Å². The maximum Gasteiger partial charge on any atom is 0.326 e. The van der Waals surface area contributed by atoms with Crippen LogP contribution in [0.2, 0.25) is 0 Å². The minimum Gasteiger partial charge on any atom is -0.480 e. The largest absolute Gasteiger partial charge is 0.480 e. The van der Waals surface area contributed by atoms with Crippen LogP contribution in [0.5, 0.6) is 0 Å². The summed E-state index contributed by atoms with van der Waals surface area (Å²) in [6.45, 7) is 2.08. The first kappa shape index (κ1) is 13.5. The standard InChI is InChI=1S/C12H20N2O3S/c15-11(16)10-4-1-2-6-14(10)12(17)13-5-3-8-18-9-7-13/h10H,1-9H2,(H,15,16). The van der Waals surface area contributed by atoms with E-state index in [1.165, 1.54) is 0 Å². The number of hydrogen-bond acceptors (Lipinski definition) is 3. The lowest BCUT2D eigenvalue weighted by Gasteiger charge is -2.36. The number of likely N-dealkylation sites (tertiary alicyclic amines) is 1. The number of carbonyl (C=O) groups is 2. The molecule has 2 saturated heterocycles. The lowest BCUT2D eigenvalue weighted by atomic mass is 10.0. The minimum atomic E-state index is -0.868. The maximum absolute atomic E-state index is 12.4. The molecule has 18 heavy (non-hydrogen) atoms. The van der Waals surface area contributed by atoms with E-state index in [9.17, 15) is 14.7 Å². The van der Waals surface area contributed by atoms with Gasteiger partial charge in [0.2, 0.25) is 0 Å². The summed E-state index contributed by atoms with van der Waals surface area (Å²) in [5.41, 5.74) is 0. The molecule has 5 nitrogen and oxygen atoms in total. The summed E-state index contributed by atoms with van der Waals surface area (Å²) in [4.78, 5) is 27.0. The lowest BCUT2D eigenvalue weighted by Crippen LogP contribution is -2.53. The van der Waals surface area contributed by atoms with E-state index in [4.69, 9.17) is 0 Å². The summed E-state index contributed by atoms with van der Waals surface area (Å²) < 4.78 is 0. The molecule has 2 aliphatic heterocycles. The van der Waals surface area contributed by atoms with E-state index < -0.39 is 12.0 Å². The Balaban J connectivity index is 2.02. The zero-order valence-electron chi connectivity index (χ0n) is 10.5. The molecule has 0 bridgehead atoms. The molecule has 0 saturated carbocycles. The number of carbonyl (C=O) groups excluding carboxylic acids is 1. The van der Waals surface area contributed by atoms with Crippen LogP contribution < -0.4 is 0 Å². The van der Waals surface area contributed by atoms with E-state index in [0.717, 1.165) is 43.9 Å². The molecule has 1 unspecified atom stereocenters. The van der Waals surface area contributed by atoms with Gasteiger partial charge in [0.25, 0.3) is 0 Å². The van der Waals surface area contributed by atoms with Crippen molar-refractivity contribution in [3.05, 3.63) is 0 Å². The van der Waals surface area contributed by atoms with Gasteiger partial charge in [0.15, 0.2) is 0 Å². The number of piperidine rings is 1. The molecule has 0 aliphatic carbocycles. The quantitative estimate of drug-likeness (QED) is 0.785. The molecular weight excluding hydrogens is 252 g/mol. The lowest BCUT2D eigenvalue weighted by molar-refractivity contribution is -0.143. The van der Waals surface area contributed by atoms with E-state index in [0.29, 0.717) is 13.0 Å². The summed E-state index contributed by atoms with van der Waals surface area (Å²) in [5.74, 6) is 1.18. The number of aliphatic carboxylic acids is 1. The number of urea groups is 1. The SMILES string of the molecule is O=C(O)C1CCCCN1C(=O)N1CCCSCC1. The van der Waals surface area contributed by atoms with Crippen molar-refractivity contribution < 1.29 is 14.7 Å². The molecule has 6 heteroatoms. The number of thioether (sulfide) groups is 1. The predicted octanol–water partition coefficient (Wildman–Crippen LogP) is 1.48. The molecule has 0 radical (unpaired) electrons. The Kier molecular flexibility index (Phi) is 4.74. The monoisotopic (exact) mass is 272 g/mol. The molecule has 2 rings (SSSR count). The summed E-state index contributed by atoms with van der Waals surface area (Å²) in [6, 6.07) is -0.702. The van der Waals surface area contributed by atoms with Crippen LogP contribution in [-0.2, 0) is 4.79 Å². The van der Waals surface area contributed by atoms with Crippen LogP contribution in [0.4, 0.5) is 4.79 Å². The fraction of sp³-hybridized carbons (Fsp3) is 0.833. The van der Waals surface area contributed by atoms with Gasteiger partial charge in [0, 0.05) is 25.4 Å². The molecule has 2 amide bonds. The third-order valence-corrected chi connectivity index (χ3v) is 4.57. The van der Waals surface area contributed by atoms with Gasteiger partial charge < -0.3 is 14.9 Å². The van der Waals surface area contributed by atoms with E-state index in [1.54, 1.807) is 4.90 Å². The number of carboxylic acids is 1. The molecule has 0 aromatic carbocycles. The molecule has 1 atom stereocenters. The van der Waals surface area contributed by atoms with Gasteiger partial charge in [-0.25, -0.2) is 9.59 Å². The van der Waals surface area contributed by atoms with E-state index in [-0.39, 0.29) is 6.03 Å². The van der Waals surface area contributed by atoms with Crippen molar-refractivity contribution in [2.24, 2.45) is 0 Å². The molecule has 1 N–H and O–H groups in total. The summed E-state index contributed by atoms with van der Waals surface area (Å²) in [7, 11) is 0. The first-order chi connectivity index (χ1) is 8.70. The second-order valence-corrected chi connectivity index (χ2v) is 6.00. The van der Waals surface area contributed by atoms with Crippen LogP contribution in [0.15, 0.2) is 0 Å².